The van der Waals surface area contributed by atoms with Crippen molar-refractivity contribution in [3.8, 4) is 0 Å². The number of hydrogen-bond donors (Lipinski definition) is 1. The van der Waals surface area contributed by atoms with Crippen LogP contribution in [0.5, 0.6) is 0 Å². The molecule has 0 unspecified atom stereocenters. The Morgan fingerprint density at radius 2 is 1.75 bits per heavy atom. The minimum Gasteiger partial charge on any atom is -0.376 e. The number of amides is 1. The summed E-state index contributed by atoms with van der Waals surface area (Å²) in [6.07, 6.45) is 4.60. The Labute approximate surface area is 166 Å². The van der Waals surface area contributed by atoms with E-state index in [1.807, 2.05) is 0 Å². The van der Waals surface area contributed by atoms with Gasteiger partial charge in [0, 0.05) is 52.2 Å². The van der Waals surface area contributed by atoms with E-state index in [0.29, 0.717) is 65.1 Å². The minimum atomic E-state index is -3.58. The van der Waals surface area contributed by atoms with Crippen LogP contribution in [0.25, 0.3) is 0 Å². The molecule has 0 saturated carbocycles. The van der Waals surface area contributed by atoms with Crippen molar-refractivity contribution in [1.82, 2.24) is 13.9 Å². The van der Waals surface area contributed by atoms with Crippen molar-refractivity contribution in [2.45, 2.75) is 50.4 Å². The zero-order valence-corrected chi connectivity index (χ0v) is 17.1. The predicted octanol–water partition coefficient (Wildman–Crippen LogP) is 0.0773. The molecule has 4 rings (SSSR count). The molecule has 4 aliphatic rings. The van der Waals surface area contributed by atoms with Crippen LogP contribution in [0.3, 0.4) is 0 Å². The van der Waals surface area contributed by atoms with Gasteiger partial charge in [0.1, 0.15) is 0 Å². The average molecular weight is 418 g/mol. The number of nitrogens with one attached hydrogen (secondary N) is 1. The maximum absolute atomic E-state index is 13.1. The van der Waals surface area contributed by atoms with Gasteiger partial charge in [-0.1, -0.05) is 0 Å². The highest BCUT2D eigenvalue weighted by Crippen LogP contribution is 2.33. The first-order chi connectivity index (χ1) is 13.5. The van der Waals surface area contributed by atoms with Gasteiger partial charge in [-0.3, -0.25) is 4.79 Å². The Bertz CT molecular complexity index is 650. The van der Waals surface area contributed by atoms with Crippen molar-refractivity contribution < 1.29 is 27.4 Å². The number of carbonyl (C=O) groups is 1. The highest BCUT2D eigenvalue weighted by Gasteiger charge is 2.44. The second-order valence-electron chi connectivity index (χ2n) is 8.09. The van der Waals surface area contributed by atoms with Gasteiger partial charge < -0.3 is 19.5 Å². The molecule has 9 nitrogen and oxygen atoms in total. The molecule has 4 fully saturated rings. The smallest absolute Gasteiger partial charge is 0.282 e. The molecule has 28 heavy (non-hydrogen) atoms. The number of nitrogens with zero attached hydrogens (tertiary/aromatic N) is 2. The van der Waals surface area contributed by atoms with Crippen molar-refractivity contribution in [1.29, 1.82) is 0 Å². The van der Waals surface area contributed by atoms with E-state index >= 15 is 0 Å². The molecule has 1 spiro atoms. The lowest BCUT2D eigenvalue weighted by Crippen LogP contribution is -2.54. The Balaban J connectivity index is 1.30. The van der Waals surface area contributed by atoms with E-state index in [2.05, 4.69) is 5.32 Å². The highest BCUT2D eigenvalue weighted by atomic mass is 32.2. The number of rotatable bonds is 5. The monoisotopic (exact) mass is 417 g/mol. The SMILES string of the molecule is O=C(NC[C@@H]1CCCO1)[C@H]1CCCN(S(=O)(=O)N2CCC3(CC2)OCCO3)C1. The third-order valence-electron chi connectivity index (χ3n) is 6.23. The summed E-state index contributed by atoms with van der Waals surface area (Å²) in [5.74, 6) is -0.970. The lowest BCUT2D eigenvalue weighted by Gasteiger charge is -2.40. The summed E-state index contributed by atoms with van der Waals surface area (Å²) in [5, 5.41) is 2.95. The number of carbonyl (C=O) groups excluding carboxylic acids is 1. The van der Waals surface area contributed by atoms with E-state index in [1.165, 1.54) is 8.61 Å². The summed E-state index contributed by atoms with van der Waals surface area (Å²) >= 11 is 0. The molecule has 0 aromatic carbocycles. The van der Waals surface area contributed by atoms with Crippen LogP contribution in [0, 0.1) is 5.92 Å². The van der Waals surface area contributed by atoms with Crippen molar-refractivity contribution in [3.05, 3.63) is 0 Å². The maximum Gasteiger partial charge on any atom is 0.282 e. The van der Waals surface area contributed by atoms with Crippen LogP contribution in [-0.4, -0.2) is 87.4 Å². The summed E-state index contributed by atoms with van der Waals surface area (Å²) in [4.78, 5) is 12.5. The van der Waals surface area contributed by atoms with Crippen LogP contribution in [0.15, 0.2) is 0 Å². The molecule has 0 aliphatic carbocycles. The number of piperidine rings is 2. The van der Waals surface area contributed by atoms with Crippen LogP contribution < -0.4 is 5.32 Å². The molecule has 0 bridgehead atoms. The van der Waals surface area contributed by atoms with Crippen LogP contribution in [0.2, 0.25) is 0 Å². The van der Waals surface area contributed by atoms with Crippen LogP contribution in [-0.2, 0) is 29.2 Å². The van der Waals surface area contributed by atoms with Crippen LogP contribution in [0.1, 0.15) is 38.5 Å². The predicted molar refractivity (Wildman–Crippen MR) is 101 cm³/mol. The van der Waals surface area contributed by atoms with Gasteiger partial charge in [0.2, 0.25) is 5.91 Å². The highest BCUT2D eigenvalue weighted by molar-refractivity contribution is 7.86. The van der Waals surface area contributed by atoms with Gasteiger partial charge in [0.05, 0.1) is 25.2 Å². The van der Waals surface area contributed by atoms with Gasteiger partial charge in [0.25, 0.3) is 10.2 Å². The lowest BCUT2D eigenvalue weighted by molar-refractivity contribution is -0.179. The Kier molecular flexibility index (Phi) is 6.24. The Morgan fingerprint density at radius 3 is 2.43 bits per heavy atom. The Hall–Kier alpha value is -0.780. The first kappa shape index (κ1) is 20.5. The molecule has 0 aromatic rings. The molecule has 4 saturated heterocycles. The van der Waals surface area contributed by atoms with Crippen LogP contribution in [0.4, 0.5) is 0 Å². The molecule has 2 atom stereocenters. The molecule has 4 heterocycles. The molecule has 1 N–H and O–H groups in total. The van der Waals surface area contributed by atoms with Gasteiger partial charge in [0.15, 0.2) is 5.79 Å². The summed E-state index contributed by atoms with van der Waals surface area (Å²) in [6, 6.07) is 0. The van der Waals surface area contributed by atoms with Gasteiger partial charge in [-0.25, -0.2) is 0 Å². The number of hydrogen-bond acceptors (Lipinski definition) is 6. The zero-order chi connectivity index (χ0) is 19.6. The third-order valence-corrected chi connectivity index (χ3v) is 8.24. The largest absolute Gasteiger partial charge is 0.376 e. The van der Waals surface area contributed by atoms with E-state index in [4.69, 9.17) is 14.2 Å². The normalized spacial score (nSPS) is 32.0. The quantitative estimate of drug-likeness (QED) is 0.680. The molecule has 0 radical (unpaired) electrons. The van der Waals surface area contributed by atoms with Crippen molar-refractivity contribution >= 4 is 16.1 Å². The molecule has 4 aliphatic heterocycles. The van der Waals surface area contributed by atoms with E-state index < -0.39 is 16.0 Å². The van der Waals surface area contributed by atoms with E-state index in [-0.39, 0.29) is 24.5 Å². The van der Waals surface area contributed by atoms with Crippen molar-refractivity contribution in [3.63, 3.8) is 0 Å². The minimum absolute atomic E-state index is 0.0687. The van der Waals surface area contributed by atoms with Gasteiger partial charge in [-0.15, -0.1) is 0 Å². The second-order valence-corrected chi connectivity index (χ2v) is 10.0. The van der Waals surface area contributed by atoms with E-state index in [1.54, 1.807) is 0 Å². The van der Waals surface area contributed by atoms with E-state index in [9.17, 15) is 13.2 Å². The molecular weight excluding hydrogens is 386 g/mol. The fraction of sp³-hybridized carbons (Fsp3) is 0.944. The molecule has 160 valence electrons. The zero-order valence-electron chi connectivity index (χ0n) is 16.3. The summed E-state index contributed by atoms with van der Waals surface area (Å²) < 4.78 is 46.1. The second kappa shape index (κ2) is 8.53. The fourth-order valence-electron chi connectivity index (χ4n) is 4.54. The lowest BCUT2D eigenvalue weighted by atomic mass is 9.99. The molecule has 0 aromatic heterocycles. The third kappa shape index (κ3) is 4.36. The molecule has 1 amide bonds. The standard InChI is InChI=1S/C18H31N3O6S/c22-17(19-13-16-4-2-10-25-16)15-3-1-7-21(14-15)28(23,24)20-8-5-18(6-9-20)26-11-12-27-18/h15-16H,1-14H2,(H,19,22)/t15-,16-/m0/s1. The summed E-state index contributed by atoms with van der Waals surface area (Å²) in [5.41, 5.74) is 0. The Morgan fingerprint density at radius 1 is 1.00 bits per heavy atom. The van der Waals surface area contributed by atoms with Gasteiger partial charge in [-0.2, -0.15) is 17.0 Å². The maximum atomic E-state index is 13.1. The van der Waals surface area contributed by atoms with Crippen molar-refractivity contribution in [2.24, 2.45) is 5.92 Å². The van der Waals surface area contributed by atoms with E-state index in [0.717, 1.165) is 19.4 Å². The topological polar surface area (TPSA) is 97.4 Å². The summed E-state index contributed by atoms with van der Waals surface area (Å²) in [6.45, 7) is 3.88. The molecular formula is C18H31N3O6S. The first-order valence-corrected chi connectivity index (χ1v) is 11.8. The van der Waals surface area contributed by atoms with Gasteiger partial charge >= 0.3 is 0 Å². The van der Waals surface area contributed by atoms with Gasteiger partial charge in [-0.05, 0) is 25.7 Å². The molecule has 10 heteroatoms. The van der Waals surface area contributed by atoms with Crippen molar-refractivity contribution in [2.75, 3.05) is 52.5 Å². The fourth-order valence-corrected chi connectivity index (χ4v) is 6.24. The number of ether oxygens (including phenoxy) is 3. The van der Waals surface area contributed by atoms with Crippen LogP contribution >= 0.6 is 0 Å². The first-order valence-electron chi connectivity index (χ1n) is 10.4. The average Bonchev–Trinajstić information content (AvgIpc) is 3.39. The summed E-state index contributed by atoms with van der Waals surface area (Å²) in [7, 11) is -3.58.